The second kappa shape index (κ2) is 6.92. The molecule has 23 heavy (non-hydrogen) atoms. The lowest BCUT2D eigenvalue weighted by atomic mass is 9.90. The van der Waals surface area contributed by atoms with Gasteiger partial charge in [0.2, 0.25) is 5.91 Å². The molecule has 4 heteroatoms. The Bertz CT molecular complexity index is 726. The minimum absolute atomic E-state index is 0.0799. The molecule has 3 rings (SSSR count). The predicted molar refractivity (Wildman–Crippen MR) is 91.3 cm³/mol. The number of aromatic nitrogens is 2. The zero-order valence-corrected chi connectivity index (χ0v) is 13.0. The molecule has 2 aromatic carbocycles. The van der Waals surface area contributed by atoms with Gasteiger partial charge in [0.25, 0.3) is 0 Å². The van der Waals surface area contributed by atoms with Crippen LogP contribution in [0.25, 0.3) is 0 Å². The highest BCUT2D eigenvalue weighted by atomic mass is 16.2. The van der Waals surface area contributed by atoms with Crippen molar-refractivity contribution >= 4 is 11.7 Å². The van der Waals surface area contributed by atoms with Crippen LogP contribution in [-0.2, 0) is 11.3 Å². The van der Waals surface area contributed by atoms with Crippen molar-refractivity contribution in [3.8, 4) is 0 Å². The maximum absolute atomic E-state index is 12.9. The van der Waals surface area contributed by atoms with Crippen molar-refractivity contribution in [2.75, 3.05) is 5.32 Å². The first kappa shape index (κ1) is 15.0. The number of anilines is 1. The maximum atomic E-state index is 12.9. The molecule has 1 amide bonds. The van der Waals surface area contributed by atoms with Crippen LogP contribution < -0.4 is 5.32 Å². The molecule has 4 nitrogen and oxygen atoms in total. The normalized spacial score (nSPS) is 10.7. The first-order valence-electron chi connectivity index (χ1n) is 7.72. The van der Waals surface area contributed by atoms with Crippen LogP contribution in [0.4, 0.5) is 5.82 Å². The number of hydrogen-bond acceptors (Lipinski definition) is 2. The third kappa shape index (κ3) is 3.48. The molecule has 0 spiro atoms. The van der Waals surface area contributed by atoms with Crippen molar-refractivity contribution < 1.29 is 4.79 Å². The molecular weight excluding hydrogens is 286 g/mol. The highest BCUT2D eigenvalue weighted by Gasteiger charge is 2.23. The van der Waals surface area contributed by atoms with Gasteiger partial charge in [0.15, 0.2) is 5.82 Å². The van der Waals surface area contributed by atoms with E-state index in [0.29, 0.717) is 5.82 Å². The molecule has 0 saturated heterocycles. The summed E-state index contributed by atoms with van der Waals surface area (Å²) in [6.07, 6.45) is 1.86. The van der Waals surface area contributed by atoms with Crippen molar-refractivity contribution in [1.29, 1.82) is 0 Å². The number of carbonyl (C=O) groups is 1. The zero-order chi connectivity index (χ0) is 16.1. The molecule has 0 radical (unpaired) electrons. The smallest absolute Gasteiger partial charge is 0.237 e. The molecule has 1 aromatic heterocycles. The summed E-state index contributed by atoms with van der Waals surface area (Å²) < 4.78 is 1.79. The van der Waals surface area contributed by atoms with E-state index in [-0.39, 0.29) is 11.8 Å². The number of carbonyl (C=O) groups excluding carboxylic acids is 1. The minimum Gasteiger partial charge on any atom is -0.308 e. The molecule has 1 N–H and O–H groups in total. The fraction of sp³-hybridized carbons (Fsp3) is 0.158. The van der Waals surface area contributed by atoms with Gasteiger partial charge in [0.05, 0.1) is 5.92 Å². The maximum Gasteiger partial charge on any atom is 0.237 e. The molecule has 1 heterocycles. The van der Waals surface area contributed by atoms with Gasteiger partial charge in [0.1, 0.15) is 0 Å². The highest BCUT2D eigenvalue weighted by molar-refractivity contribution is 5.97. The van der Waals surface area contributed by atoms with Crippen LogP contribution in [0, 0.1) is 0 Å². The lowest BCUT2D eigenvalue weighted by Gasteiger charge is -2.17. The van der Waals surface area contributed by atoms with Gasteiger partial charge >= 0.3 is 0 Å². The zero-order valence-electron chi connectivity index (χ0n) is 13.0. The number of amides is 1. The molecule has 0 aliphatic carbocycles. The topological polar surface area (TPSA) is 46.9 Å². The SMILES string of the molecule is CCn1ccc(NC(=O)C(c2ccccc2)c2ccccc2)n1. The van der Waals surface area contributed by atoms with Crippen molar-refractivity contribution in [2.45, 2.75) is 19.4 Å². The predicted octanol–water partition coefficient (Wildman–Crippen LogP) is 3.67. The lowest BCUT2D eigenvalue weighted by molar-refractivity contribution is -0.116. The summed E-state index contributed by atoms with van der Waals surface area (Å²) in [5.74, 6) is 0.140. The quantitative estimate of drug-likeness (QED) is 0.781. The number of hydrogen-bond donors (Lipinski definition) is 1. The summed E-state index contributed by atoms with van der Waals surface area (Å²) in [6, 6.07) is 21.4. The van der Waals surface area contributed by atoms with Crippen LogP contribution >= 0.6 is 0 Å². The monoisotopic (exact) mass is 305 g/mol. The van der Waals surface area contributed by atoms with E-state index >= 15 is 0 Å². The number of nitrogens with zero attached hydrogens (tertiary/aromatic N) is 2. The van der Waals surface area contributed by atoms with Crippen molar-refractivity contribution in [3.63, 3.8) is 0 Å². The van der Waals surface area contributed by atoms with E-state index in [4.69, 9.17) is 0 Å². The molecule has 0 aliphatic rings. The summed E-state index contributed by atoms with van der Waals surface area (Å²) in [6.45, 7) is 2.78. The number of benzene rings is 2. The summed E-state index contributed by atoms with van der Waals surface area (Å²) in [7, 11) is 0. The fourth-order valence-electron chi connectivity index (χ4n) is 2.59. The van der Waals surface area contributed by atoms with Gasteiger partial charge in [-0.3, -0.25) is 9.48 Å². The molecule has 0 atom stereocenters. The summed E-state index contributed by atoms with van der Waals surface area (Å²) >= 11 is 0. The van der Waals surface area contributed by atoms with E-state index in [1.54, 1.807) is 4.68 Å². The van der Waals surface area contributed by atoms with Gasteiger partial charge in [0, 0.05) is 18.8 Å². The van der Waals surface area contributed by atoms with Crippen LogP contribution in [-0.4, -0.2) is 15.7 Å². The molecule has 116 valence electrons. The molecule has 0 bridgehead atoms. The number of rotatable bonds is 5. The largest absolute Gasteiger partial charge is 0.308 e. The second-order valence-corrected chi connectivity index (χ2v) is 5.30. The van der Waals surface area contributed by atoms with Crippen LogP contribution in [0.5, 0.6) is 0 Å². The summed E-state index contributed by atoms with van der Waals surface area (Å²) in [5, 5.41) is 7.25. The Kier molecular flexibility index (Phi) is 4.52. The van der Waals surface area contributed by atoms with E-state index in [0.717, 1.165) is 17.7 Å². The molecule has 3 aromatic rings. The van der Waals surface area contributed by atoms with Crippen LogP contribution in [0.1, 0.15) is 24.0 Å². The third-order valence-corrected chi connectivity index (χ3v) is 3.74. The van der Waals surface area contributed by atoms with E-state index in [1.165, 1.54) is 0 Å². The van der Waals surface area contributed by atoms with Crippen molar-refractivity contribution in [2.24, 2.45) is 0 Å². The fourth-order valence-corrected chi connectivity index (χ4v) is 2.59. The Morgan fingerprint density at radius 1 is 1.00 bits per heavy atom. The van der Waals surface area contributed by atoms with E-state index in [2.05, 4.69) is 10.4 Å². The van der Waals surface area contributed by atoms with Gasteiger partial charge < -0.3 is 5.32 Å². The summed E-state index contributed by atoms with van der Waals surface area (Å²) in [4.78, 5) is 12.9. The molecular formula is C19H19N3O. The van der Waals surface area contributed by atoms with Gasteiger partial charge in [-0.25, -0.2) is 0 Å². The first-order valence-corrected chi connectivity index (χ1v) is 7.72. The van der Waals surface area contributed by atoms with Crippen LogP contribution in [0.15, 0.2) is 72.9 Å². The molecule has 0 unspecified atom stereocenters. The summed E-state index contributed by atoms with van der Waals surface area (Å²) in [5.41, 5.74) is 1.93. The average molecular weight is 305 g/mol. The molecule has 0 aliphatic heterocycles. The van der Waals surface area contributed by atoms with Crippen LogP contribution in [0.3, 0.4) is 0 Å². The molecule has 0 fully saturated rings. The molecule has 0 saturated carbocycles. The van der Waals surface area contributed by atoms with E-state index in [9.17, 15) is 4.79 Å². The van der Waals surface area contributed by atoms with Gasteiger partial charge in [-0.05, 0) is 18.1 Å². The average Bonchev–Trinajstić information content (AvgIpc) is 3.04. The van der Waals surface area contributed by atoms with E-state index < -0.39 is 0 Å². The Morgan fingerprint density at radius 2 is 1.57 bits per heavy atom. The van der Waals surface area contributed by atoms with Gasteiger partial charge in [-0.2, -0.15) is 5.10 Å². The van der Waals surface area contributed by atoms with Gasteiger partial charge in [-0.15, -0.1) is 0 Å². The Morgan fingerprint density at radius 3 is 2.04 bits per heavy atom. The standard InChI is InChI=1S/C19H19N3O/c1-2-22-14-13-17(21-22)20-19(23)18(15-9-5-3-6-10-15)16-11-7-4-8-12-16/h3-14,18H,2H2,1H3,(H,20,21,23). The van der Waals surface area contributed by atoms with Crippen molar-refractivity contribution in [3.05, 3.63) is 84.1 Å². The third-order valence-electron chi connectivity index (χ3n) is 3.74. The van der Waals surface area contributed by atoms with Crippen LogP contribution in [0.2, 0.25) is 0 Å². The first-order chi connectivity index (χ1) is 11.3. The Labute approximate surface area is 135 Å². The Hall–Kier alpha value is -2.88. The van der Waals surface area contributed by atoms with Gasteiger partial charge in [-0.1, -0.05) is 60.7 Å². The number of aryl methyl sites for hydroxylation is 1. The van der Waals surface area contributed by atoms with E-state index in [1.807, 2.05) is 79.9 Å². The second-order valence-electron chi connectivity index (χ2n) is 5.30. The Balaban J connectivity index is 1.90. The minimum atomic E-state index is -0.357. The number of nitrogens with one attached hydrogen (secondary N) is 1. The lowest BCUT2D eigenvalue weighted by Crippen LogP contribution is -2.22. The highest BCUT2D eigenvalue weighted by Crippen LogP contribution is 2.25. The van der Waals surface area contributed by atoms with Crippen molar-refractivity contribution in [1.82, 2.24) is 9.78 Å².